The predicted octanol–water partition coefficient (Wildman–Crippen LogP) is 2.34. The number of aliphatic hydroxyl groups excluding tert-OH is 1. The molecule has 0 spiro atoms. The van der Waals surface area contributed by atoms with Crippen LogP contribution in [-0.2, 0) is 15.5 Å². The number of ether oxygens (including phenoxy) is 1. The van der Waals surface area contributed by atoms with Crippen LogP contribution in [0.1, 0.15) is 5.56 Å². The van der Waals surface area contributed by atoms with Gasteiger partial charge in [0, 0.05) is 23.4 Å². The Labute approximate surface area is 121 Å². The average molecular weight is 314 g/mol. The molecule has 0 fully saturated rings. The van der Waals surface area contributed by atoms with E-state index < -0.39 is 9.05 Å². The first-order valence-electron chi connectivity index (χ1n) is 5.78. The van der Waals surface area contributed by atoms with Gasteiger partial charge in [0.05, 0.1) is 6.20 Å². The van der Waals surface area contributed by atoms with E-state index in [1.807, 2.05) is 12.1 Å². The van der Waals surface area contributed by atoms with E-state index in [1.165, 1.54) is 12.1 Å². The van der Waals surface area contributed by atoms with Crippen LogP contribution in [0.2, 0.25) is 0 Å². The van der Waals surface area contributed by atoms with Crippen LogP contribution in [0.4, 0.5) is 0 Å². The van der Waals surface area contributed by atoms with E-state index in [-0.39, 0.29) is 17.4 Å². The third-order valence-corrected chi connectivity index (χ3v) is 3.90. The zero-order valence-corrected chi connectivity index (χ0v) is 11.9. The first-order chi connectivity index (χ1) is 9.50. The van der Waals surface area contributed by atoms with Crippen molar-refractivity contribution in [2.45, 2.75) is 11.3 Å². The lowest BCUT2D eigenvalue weighted by Gasteiger charge is -2.09. The molecular formula is C13H12ClNO4S. The van der Waals surface area contributed by atoms with Crippen LogP contribution >= 0.6 is 10.7 Å². The monoisotopic (exact) mass is 313 g/mol. The SMILES string of the molecule is O=S(=O)(Cl)c1ccc(Oc2ccccc2CCO)nc1. The Hall–Kier alpha value is -1.63. The first-order valence-corrected chi connectivity index (χ1v) is 8.09. The molecule has 1 N–H and O–H groups in total. The van der Waals surface area contributed by atoms with Gasteiger partial charge in [-0.3, -0.25) is 0 Å². The van der Waals surface area contributed by atoms with Crippen LogP contribution in [0, 0.1) is 0 Å². The summed E-state index contributed by atoms with van der Waals surface area (Å²) in [6.45, 7) is 0.0111. The highest BCUT2D eigenvalue weighted by atomic mass is 35.7. The summed E-state index contributed by atoms with van der Waals surface area (Å²) in [5, 5.41) is 8.98. The Morgan fingerprint density at radius 2 is 1.95 bits per heavy atom. The smallest absolute Gasteiger partial charge is 0.262 e. The number of aliphatic hydroxyl groups is 1. The van der Waals surface area contributed by atoms with Gasteiger partial charge in [-0.05, 0) is 24.1 Å². The molecule has 0 aliphatic carbocycles. The third kappa shape index (κ3) is 3.69. The fourth-order valence-electron chi connectivity index (χ4n) is 1.61. The number of aromatic nitrogens is 1. The first kappa shape index (κ1) is 14.8. The fourth-order valence-corrected chi connectivity index (χ4v) is 2.30. The van der Waals surface area contributed by atoms with Crippen molar-refractivity contribution in [2.75, 3.05) is 6.61 Å². The molecule has 7 heteroatoms. The zero-order chi connectivity index (χ0) is 14.6. The number of para-hydroxylation sites is 1. The second kappa shape index (κ2) is 6.21. The minimum absolute atomic E-state index is 0.0111. The molecule has 0 radical (unpaired) electrons. The maximum Gasteiger partial charge on any atom is 0.262 e. The lowest BCUT2D eigenvalue weighted by atomic mass is 10.1. The van der Waals surface area contributed by atoms with Gasteiger partial charge in [0.2, 0.25) is 5.88 Å². The number of rotatable bonds is 5. The van der Waals surface area contributed by atoms with Crippen molar-refractivity contribution in [1.82, 2.24) is 4.98 Å². The van der Waals surface area contributed by atoms with Gasteiger partial charge < -0.3 is 9.84 Å². The van der Waals surface area contributed by atoms with Gasteiger partial charge in [-0.2, -0.15) is 0 Å². The Bertz CT molecular complexity index is 686. The number of pyridine rings is 1. The van der Waals surface area contributed by atoms with Crippen LogP contribution in [-0.4, -0.2) is 25.1 Å². The molecule has 1 heterocycles. The van der Waals surface area contributed by atoms with Gasteiger partial charge in [0.1, 0.15) is 10.6 Å². The average Bonchev–Trinajstić information content (AvgIpc) is 2.41. The number of hydrogen-bond acceptors (Lipinski definition) is 5. The summed E-state index contributed by atoms with van der Waals surface area (Å²) < 4.78 is 27.8. The second-order valence-corrected chi connectivity index (χ2v) is 6.52. The van der Waals surface area contributed by atoms with Crippen LogP contribution in [0.15, 0.2) is 47.5 Å². The van der Waals surface area contributed by atoms with E-state index in [1.54, 1.807) is 12.1 Å². The van der Waals surface area contributed by atoms with E-state index in [0.29, 0.717) is 12.2 Å². The molecule has 5 nitrogen and oxygen atoms in total. The van der Waals surface area contributed by atoms with Gasteiger partial charge in [0.25, 0.3) is 9.05 Å². The highest BCUT2D eigenvalue weighted by molar-refractivity contribution is 8.13. The largest absolute Gasteiger partial charge is 0.439 e. The Balaban J connectivity index is 2.22. The van der Waals surface area contributed by atoms with Crippen molar-refractivity contribution in [2.24, 2.45) is 0 Å². The number of nitrogens with zero attached hydrogens (tertiary/aromatic N) is 1. The maximum absolute atomic E-state index is 11.1. The molecule has 2 aromatic rings. The maximum atomic E-state index is 11.1. The van der Waals surface area contributed by atoms with E-state index in [2.05, 4.69) is 4.98 Å². The summed E-state index contributed by atoms with van der Waals surface area (Å²) >= 11 is 0. The quantitative estimate of drug-likeness (QED) is 0.857. The standard InChI is InChI=1S/C13H12ClNO4S/c14-20(17,18)11-5-6-13(15-9-11)19-12-4-2-1-3-10(12)7-8-16/h1-6,9,16H,7-8H2. The van der Waals surface area contributed by atoms with Crippen molar-refractivity contribution in [3.63, 3.8) is 0 Å². The van der Waals surface area contributed by atoms with Gasteiger partial charge in [-0.1, -0.05) is 18.2 Å². The van der Waals surface area contributed by atoms with E-state index in [4.69, 9.17) is 20.5 Å². The summed E-state index contributed by atoms with van der Waals surface area (Å²) in [7, 11) is 1.41. The highest BCUT2D eigenvalue weighted by Crippen LogP contribution is 2.25. The van der Waals surface area contributed by atoms with Crippen molar-refractivity contribution < 1.29 is 18.3 Å². The number of benzene rings is 1. The van der Waals surface area contributed by atoms with Gasteiger partial charge in [0.15, 0.2) is 0 Å². The molecule has 0 amide bonds. The summed E-state index contributed by atoms with van der Waals surface area (Å²) in [5.41, 5.74) is 0.839. The Morgan fingerprint density at radius 1 is 1.20 bits per heavy atom. The molecule has 0 saturated heterocycles. The van der Waals surface area contributed by atoms with Crippen molar-refractivity contribution in [1.29, 1.82) is 0 Å². The lowest BCUT2D eigenvalue weighted by Crippen LogP contribution is -1.97. The molecule has 1 aromatic heterocycles. The highest BCUT2D eigenvalue weighted by Gasteiger charge is 2.11. The second-order valence-electron chi connectivity index (χ2n) is 3.95. The molecule has 0 aliphatic rings. The van der Waals surface area contributed by atoms with Crippen LogP contribution in [0.25, 0.3) is 0 Å². The molecule has 20 heavy (non-hydrogen) atoms. The molecule has 0 saturated carbocycles. The molecule has 0 aliphatic heterocycles. The zero-order valence-electron chi connectivity index (χ0n) is 10.4. The summed E-state index contributed by atoms with van der Waals surface area (Å²) in [4.78, 5) is 3.81. The molecule has 0 bridgehead atoms. The summed E-state index contributed by atoms with van der Waals surface area (Å²) in [6.07, 6.45) is 1.59. The number of hydrogen-bond donors (Lipinski definition) is 1. The predicted molar refractivity (Wildman–Crippen MR) is 74.6 cm³/mol. The lowest BCUT2D eigenvalue weighted by molar-refractivity contribution is 0.297. The molecule has 0 unspecified atom stereocenters. The normalized spacial score (nSPS) is 11.3. The topological polar surface area (TPSA) is 76.5 Å². The van der Waals surface area contributed by atoms with Crippen molar-refractivity contribution in [3.8, 4) is 11.6 Å². The summed E-state index contributed by atoms with van der Waals surface area (Å²) in [5.74, 6) is 0.815. The summed E-state index contributed by atoms with van der Waals surface area (Å²) in [6, 6.07) is 9.97. The molecule has 2 rings (SSSR count). The van der Waals surface area contributed by atoms with Gasteiger partial charge in [-0.15, -0.1) is 0 Å². The van der Waals surface area contributed by atoms with Gasteiger partial charge >= 0.3 is 0 Å². The Kier molecular flexibility index (Phi) is 4.59. The minimum Gasteiger partial charge on any atom is -0.439 e. The van der Waals surface area contributed by atoms with Crippen molar-refractivity contribution in [3.05, 3.63) is 48.2 Å². The minimum atomic E-state index is -3.79. The Morgan fingerprint density at radius 3 is 2.55 bits per heavy atom. The third-order valence-electron chi connectivity index (χ3n) is 2.56. The van der Waals surface area contributed by atoms with E-state index in [9.17, 15) is 8.42 Å². The van der Waals surface area contributed by atoms with E-state index >= 15 is 0 Å². The number of halogens is 1. The van der Waals surface area contributed by atoms with E-state index in [0.717, 1.165) is 11.8 Å². The van der Waals surface area contributed by atoms with Crippen molar-refractivity contribution >= 4 is 19.7 Å². The molecular weight excluding hydrogens is 302 g/mol. The van der Waals surface area contributed by atoms with Crippen LogP contribution in [0.5, 0.6) is 11.6 Å². The van der Waals surface area contributed by atoms with Gasteiger partial charge in [-0.25, -0.2) is 13.4 Å². The fraction of sp³-hybridized carbons (Fsp3) is 0.154. The molecule has 0 atom stereocenters. The molecule has 1 aromatic carbocycles. The molecule has 106 valence electrons. The van der Waals surface area contributed by atoms with Crippen LogP contribution < -0.4 is 4.74 Å². The van der Waals surface area contributed by atoms with Crippen LogP contribution in [0.3, 0.4) is 0 Å².